The van der Waals surface area contributed by atoms with Gasteiger partial charge in [-0.1, -0.05) is 12.1 Å². The largest absolute Gasteiger partial charge is 0.310 e. The van der Waals surface area contributed by atoms with Crippen molar-refractivity contribution in [2.24, 2.45) is 0 Å². The number of fused-ring (bicyclic) bond motifs is 2. The summed E-state index contributed by atoms with van der Waals surface area (Å²) in [5.74, 6) is 1.18. The predicted molar refractivity (Wildman–Crippen MR) is 97.7 cm³/mol. The van der Waals surface area contributed by atoms with E-state index in [0.717, 1.165) is 80.8 Å². The smallest absolute Gasteiger partial charge is 0.254 e. The highest BCUT2D eigenvalue weighted by molar-refractivity contribution is 5.35. The molecule has 1 aliphatic heterocycles. The predicted octanol–water partition coefficient (Wildman–Crippen LogP) is 3.27. The Bertz CT molecular complexity index is 904. The Morgan fingerprint density at radius 3 is 3.00 bits per heavy atom. The van der Waals surface area contributed by atoms with Gasteiger partial charge in [0.1, 0.15) is 11.6 Å². The lowest BCUT2D eigenvalue weighted by molar-refractivity contribution is 0.136. The molecule has 0 amide bonds. The van der Waals surface area contributed by atoms with Crippen molar-refractivity contribution in [3.8, 4) is 0 Å². The van der Waals surface area contributed by atoms with Crippen LogP contribution in [0, 0.1) is 5.82 Å². The highest BCUT2D eigenvalue weighted by Crippen LogP contribution is 2.45. The number of aromatic amines is 1. The van der Waals surface area contributed by atoms with E-state index in [-0.39, 0.29) is 16.8 Å². The van der Waals surface area contributed by atoms with Crippen LogP contribution in [0.4, 0.5) is 4.39 Å². The lowest BCUT2D eigenvalue weighted by atomic mass is 9.77. The zero-order chi connectivity index (χ0) is 17.7. The molecule has 4 nitrogen and oxygen atoms in total. The minimum atomic E-state index is -0.178. The number of hydrogen-bond donors (Lipinski definition) is 1. The maximum absolute atomic E-state index is 13.5. The lowest BCUT2D eigenvalue weighted by Crippen LogP contribution is -2.45. The molecular weight excluding hydrogens is 329 g/mol. The van der Waals surface area contributed by atoms with Gasteiger partial charge in [-0.2, -0.15) is 0 Å². The van der Waals surface area contributed by atoms with E-state index in [1.165, 1.54) is 6.07 Å². The van der Waals surface area contributed by atoms with Crippen LogP contribution in [0.3, 0.4) is 0 Å². The molecule has 1 N–H and O–H groups in total. The number of likely N-dealkylation sites (tertiary alicyclic amines) is 1. The van der Waals surface area contributed by atoms with E-state index in [2.05, 4.69) is 9.88 Å². The lowest BCUT2D eigenvalue weighted by Gasteiger charge is -2.40. The van der Waals surface area contributed by atoms with Crippen LogP contribution >= 0.6 is 0 Å². The number of nitrogens with zero attached hydrogens (tertiary/aromatic N) is 2. The van der Waals surface area contributed by atoms with Crippen molar-refractivity contribution in [2.45, 2.75) is 56.4 Å². The van der Waals surface area contributed by atoms with Gasteiger partial charge in [0.15, 0.2) is 0 Å². The highest BCUT2D eigenvalue weighted by Gasteiger charge is 2.45. The monoisotopic (exact) mass is 353 g/mol. The first-order valence-electron chi connectivity index (χ1n) is 9.73. The summed E-state index contributed by atoms with van der Waals surface area (Å²) in [6.07, 6.45) is 6.31. The standard InChI is InChI=1S/C21H24FN3O/c22-16-4-1-3-14(11-16)12-25-10-2-8-21(13-25)9-7-17-18(21)23-19(15-5-6-15)24-20(17)26/h1,3-4,11,15H,2,5-10,12-13H2,(H,23,24,26). The fourth-order valence-electron chi connectivity index (χ4n) is 4.87. The molecule has 1 aromatic carbocycles. The third-order valence-corrected chi connectivity index (χ3v) is 6.30. The van der Waals surface area contributed by atoms with E-state index >= 15 is 0 Å². The summed E-state index contributed by atoms with van der Waals surface area (Å²) < 4.78 is 13.5. The Labute approximate surface area is 152 Å². The molecule has 2 aliphatic carbocycles. The van der Waals surface area contributed by atoms with Crippen molar-refractivity contribution in [1.29, 1.82) is 0 Å². The average molecular weight is 353 g/mol. The first-order valence-corrected chi connectivity index (χ1v) is 9.73. The molecule has 2 aromatic rings. The van der Waals surface area contributed by atoms with E-state index < -0.39 is 0 Å². The number of nitrogens with one attached hydrogen (secondary N) is 1. The van der Waals surface area contributed by atoms with Gasteiger partial charge in [0.25, 0.3) is 5.56 Å². The van der Waals surface area contributed by atoms with Crippen LogP contribution in [-0.2, 0) is 18.4 Å². The van der Waals surface area contributed by atoms with Gasteiger partial charge in [0.05, 0.1) is 5.69 Å². The van der Waals surface area contributed by atoms with Gasteiger partial charge in [0.2, 0.25) is 0 Å². The number of halogens is 1. The molecule has 1 spiro atoms. The Hall–Kier alpha value is -2.01. The maximum atomic E-state index is 13.5. The maximum Gasteiger partial charge on any atom is 0.254 e. The van der Waals surface area contributed by atoms with Crippen molar-refractivity contribution in [2.75, 3.05) is 13.1 Å². The average Bonchev–Trinajstić information content (AvgIpc) is 3.41. The van der Waals surface area contributed by atoms with Crippen molar-refractivity contribution < 1.29 is 4.39 Å². The van der Waals surface area contributed by atoms with Crippen molar-refractivity contribution >= 4 is 0 Å². The molecule has 5 heteroatoms. The Morgan fingerprint density at radius 1 is 1.31 bits per heavy atom. The molecule has 26 heavy (non-hydrogen) atoms. The summed E-state index contributed by atoms with van der Waals surface area (Å²) in [6, 6.07) is 6.88. The molecule has 2 fully saturated rings. The van der Waals surface area contributed by atoms with Gasteiger partial charge in [0, 0.05) is 30.0 Å². The SMILES string of the molecule is O=c1[nH]c(C2CC2)nc2c1CCC21CCCN(Cc2cccc(F)c2)C1. The molecule has 1 aromatic heterocycles. The molecule has 1 saturated heterocycles. The molecule has 1 unspecified atom stereocenters. The van der Waals surface area contributed by atoms with Crippen molar-refractivity contribution in [3.63, 3.8) is 0 Å². The second-order valence-electron chi connectivity index (χ2n) is 8.28. The van der Waals surface area contributed by atoms with Crippen molar-refractivity contribution in [1.82, 2.24) is 14.9 Å². The van der Waals surface area contributed by atoms with Gasteiger partial charge < -0.3 is 4.98 Å². The molecule has 2 heterocycles. The minimum Gasteiger partial charge on any atom is -0.310 e. The van der Waals surface area contributed by atoms with Gasteiger partial charge in [-0.25, -0.2) is 9.37 Å². The van der Waals surface area contributed by atoms with Crippen LogP contribution in [-0.4, -0.2) is 28.0 Å². The number of H-pyrrole nitrogens is 1. The van der Waals surface area contributed by atoms with E-state index in [9.17, 15) is 9.18 Å². The highest BCUT2D eigenvalue weighted by atomic mass is 19.1. The summed E-state index contributed by atoms with van der Waals surface area (Å²) >= 11 is 0. The van der Waals surface area contributed by atoms with Gasteiger partial charge in [-0.15, -0.1) is 0 Å². The zero-order valence-electron chi connectivity index (χ0n) is 14.9. The van der Waals surface area contributed by atoms with Crippen molar-refractivity contribution in [3.05, 3.63) is 63.1 Å². The van der Waals surface area contributed by atoms with E-state index in [4.69, 9.17) is 4.98 Å². The van der Waals surface area contributed by atoms with Crippen LogP contribution in [0.15, 0.2) is 29.1 Å². The normalized spacial score (nSPS) is 25.6. The number of aromatic nitrogens is 2. The Balaban J connectivity index is 1.44. The number of piperidine rings is 1. The van der Waals surface area contributed by atoms with Gasteiger partial charge >= 0.3 is 0 Å². The second kappa shape index (κ2) is 6.02. The summed E-state index contributed by atoms with van der Waals surface area (Å²) in [7, 11) is 0. The molecular formula is C21H24FN3O. The molecule has 0 radical (unpaired) electrons. The van der Waals surface area contributed by atoms with E-state index in [0.29, 0.717) is 5.92 Å². The second-order valence-corrected chi connectivity index (χ2v) is 8.28. The molecule has 1 saturated carbocycles. The molecule has 1 atom stereocenters. The number of hydrogen-bond acceptors (Lipinski definition) is 3. The summed E-state index contributed by atoms with van der Waals surface area (Å²) in [5, 5.41) is 0. The summed E-state index contributed by atoms with van der Waals surface area (Å²) in [4.78, 5) is 23.0. The van der Waals surface area contributed by atoms with Gasteiger partial charge in [-0.05, 0) is 62.8 Å². The van der Waals surface area contributed by atoms with Gasteiger partial charge in [-0.3, -0.25) is 9.69 Å². The number of benzene rings is 1. The van der Waals surface area contributed by atoms with E-state index in [1.54, 1.807) is 12.1 Å². The number of rotatable bonds is 3. The third-order valence-electron chi connectivity index (χ3n) is 6.30. The first kappa shape index (κ1) is 16.2. The van der Waals surface area contributed by atoms with Crippen LogP contribution in [0.25, 0.3) is 0 Å². The Kier molecular flexibility index (Phi) is 3.74. The first-order chi connectivity index (χ1) is 12.6. The van der Waals surface area contributed by atoms with E-state index in [1.807, 2.05) is 6.07 Å². The fraction of sp³-hybridized carbons (Fsp3) is 0.524. The molecule has 3 aliphatic rings. The van der Waals surface area contributed by atoms with Crippen LogP contribution in [0.5, 0.6) is 0 Å². The third kappa shape index (κ3) is 2.78. The van der Waals surface area contributed by atoms with Crippen LogP contribution in [0.2, 0.25) is 0 Å². The van der Waals surface area contributed by atoms with Crippen LogP contribution < -0.4 is 5.56 Å². The Morgan fingerprint density at radius 2 is 2.19 bits per heavy atom. The molecule has 136 valence electrons. The topological polar surface area (TPSA) is 49.0 Å². The quantitative estimate of drug-likeness (QED) is 0.921. The fourth-order valence-corrected chi connectivity index (χ4v) is 4.87. The zero-order valence-corrected chi connectivity index (χ0v) is 14.9. The summed E-state index contributed by atoms with van der Waals surface area (Å²) in [5.41, 5.74) is 3.06. The minimum absolute atomic E-state index is 0.00118. The molecule has 0 bridgehead atoms. The van der Waals surface area contributed by atoms with Crippen LogP contribution in [0.1, 0.15) is 60.7 Å². The molecule has 5 rings (SSSR count). The summed E-state index contributed by atoms with van der Waals surface area (Å²) in [6.45, 7) is 2.69.